The third kappa shape index (κ3) is 4.45. The molecule has 5 rings (SSSR count). The van der Waals surface area contributed by atoms with Crippen LogP contribution >= 0.6 is 0 Å². The third-order valence-electron chi connectivity index (χ3n) is 7.28. The smallest absolute Gasteiger partial charge is 0.407 e. The predicted molar refractivity (Wildman–Crippen MR) is 122 cm³/mol. The number of rotatable bonds is 9. The van der Waals surface area contributed by atoms with Gasteiger partial charge in [0.2, 0.25) is 5.91 Å². The minimum Gasteiger partial charge on any atom is -0.481 e. The highest BCUT2D eigenvalue weighted by Crippen LogP contribution is 2.60. The van der Waals surface area contributed by atoms with Crippen molar-refractivity contribution in [1.82, 2.24) is 10.6 Å². The normalized spacial score (nSPS) is 18.5. The molecule has 2 aromatic rings. The summed E-state index contributed by atoms with van der Waals surface area (Å²) < 4.78 is 5.48. The molecule has 7 nitrogen and oxygen atoms in total. The van der Waals surface area contributed by atoms with Crippen molar-refractivity contribution in [3.63, 3.8) is 0 Å². The van der Waals surface area contributed by atoms with Gasteiger partial charge in [0.15, 0.2) is 0 Å². The van der Waals surface area contributed by atoms with E-state index in [9.17, 15) is 19.5 Å². The van der Waals surface area contributed by atoms with Gasteiger partial charge in [-0.3, -0.25) is 9.59 Å². The van der Waals surface area contributed by atoms with Gasteiger partial charge >= 0.3 is 12.1 Å². The Hall–Kier alpha value is -3.35. The van der Waals surface area contributed by atoms with Crippen molar-refractivity contribution in [2.75, 3.05) is 13.2 Å². The fraction of sp³-hybridized carbons (Fsp3) is 0.423. The van der Waals surface area contributed by atoms with Gasteiger partial charge in [-0.2, -0.15) is 0 Å². The van der Waals surface area contributed by atoms with Gasteiger partial charge in [0.1, 0.15) is 12.6 Å². The molecule has 2 saturated carbocycles. The van der Waals surface area contributed by atoms with E-state index in [1.165, 1.54) is 12.8 Å². The summed E-state index contributed by atoms with van der Waals surface area (Å²) >= 11 is 0. The van der Waals surface area contributed by atoms with E-state index in [4.69, 9.17) is 4.74 Å². The molecule has 0 aromatic heterocycles. The van der Waals surface area contributed by atoms with E-state index in [0.717, 1.165) is 35.1 Å². The predicted octanol–water partition coefficient (Wildman–Crippen LogP) is 3.67. The van der Waals surface area contributed by atoms with Crippen molar-refractivity contribution in [3.8, 4) is 11.1 Å². The molecule has 1 atom stereocenters. The van der Waals surface area contributed by atoms with Crippen molar-refractivity contribution in [3.05, 3.63) is 59.7 Å². The number of carboxylic acids is 1. The van der Waals surface area contributed by atoms with Crippen molar-refractivity contribution in [1.29, 1.82) is 0 Å². The standard InChI is InChI=1S/C26H28N2O5/c29-23(30)13-22(24(31)27-15-26(11-12-26)16-9-10-16)28-25(32)33-14-21-19-7-3-1-5-17(19)18-6-2-4-8-20(18)21/h1-8,16,21-22H,9-15H2,(H,27,31)(H,28,32)(H,29,30). The van der Waals surface area contributed by atoms with Crippen molar-refractivity contribution < 1.29 is 24.2 Å². The number of alkyl carbamates (subject to hydrolysis) is 1. The molecule has 0 aliphatic heterocycles. The molecule has 3 aliphatic carbocycles. The Bertz CT molecular complexity index is 1040. The van der Waals surface area contributed by atoms with Crippen LogP contribution in [-0.4, -0.2) is 42.3 Å². The highest BCUT2D eigenvalue weighted by molar-refractivity contribution is 5.89. The summed E-state index contributed by atoms with van der Waals surface area (Å²) in [4.78, 5) is 36.5. The lowest BCUT2D eigenvalue weighted by Gasteiger charge is -2.21. The number of carboxylic acid groups (broad SMARTS) is 1. The minimum atomic E-state index is -1.17. The molecule has 0 saturated heterocycles. The lowest BCUT2D eigenvalue weighted by Crippen LogP contribution is -2.49. The Labute approximate surface area is 192 Å². The van der Waals surface area contributed by atoms with Gasteiger partial charge < -0.3 is 20.5 Å². The largest absolute Gasteiger partial charge is 0.481 e. The van der Waals surface area contributed by atoms with Crippen LogP contribution in [0.25, 0.3) is 11.1 Å². The van der Waals surface area contributed by atoms with Gasteiger partial charge in [-0.25, -0.2) is 4.79 Å². The van der Waals surface area contributed by atoms with Crippen LogP contribution in [-0.2, 0) is 14.3 Å². The summed E-state index contributed by atoms with van der Waals surface area (Å²) in [6.07, 6.45) is 3.31. The number of aliphatic carboxylic acids is 1. The first-order valence-corrected chi connectivity index (χ1v) is 11.6. The zero-order valence-electron chi connectivity index (χ0n) is 18.4. The molecule has 3 N–H and O–H groups in total. The zero-order valence-corrected chi connectivity index (χ0v) is 18.4. The van der Waals surface area contributed by atoms with Crippen LogP contribution in [0.1, 0.15) is 49.1 Å². The van der Waals surface area contributed by atoms with E-state index in [0.29, 0.717) is 12.5 Å². The fourth-order valence-corrected chi connectivity index (χ4v) is 5.14. The first-order valence-electron chi connectivity index (χ1n) is 11.6. The van der Waals surface area contributed by atoms with E-state index >= 15 is 0 Å². The van der Waals surface area contributed by atoms with Gasteiger partial charge in [0, 0.05) is 12.5 Å². The number of carbonyl (C=O) groups is 3. The molecule has 0 bridgehead atoms. The summed E-state index contributed by atoms with van der Waals surface area (Å²) in [7, 11) is 0. The maximum atomic E-state index is 12.7. The molecule has 2 fully saturated rings. The first kappa shape index (κ1) is 21.5. The number of fused-ring (bicyclic) bond motifs is 3. The second-order valence-electron chi connectivity index (χ2n) is 9.47. The maximum Gasteiger partial charge on any atom is 0.407 e. The summed E-state index contributed by atoms with van der Waals surface area (Å²) in [5.74, 6) is -1.07. The maximum absolute atomic E-state index is 12.7. The Morgan fingerprint density at radius 3 is 2.15 bits per heavy atom. The monoisotopic (exact) mass is 448 g/mol. The Balaban J connectivity index is 1.20. The number of nitrogens with one attached hydrogen (secondary N) is 2. The van der Waals surface area contributed by atoms with Crippen LogP contribution in [0, 0.1) is 11.3 Å². The summed E-state index contributed by atoms with van der Waals surface area (Å²) in [5, 5.41) is 14.6. The van der Waals surface area contributed by atoms with E-state index in [1.807, 2.05) is 36.4 Å². The number of ether oxygens (including phenoxy) is 1. The average Bonchev–Trinajstić information content (AvgIpc) is 3.72. The minimum absolute atomic E-state index is 0.103. The number of benzene rings is 2. The van der Waals surface area contributed by atoms with Crippen LogP contribution in [0.2, 0.25) is 0 Å². The molecule has 0 heterocycles. The fourth-order valence-electron chi connectivity index (χ4n) is 5.14. The summed E-state index contributed by atoms with van der Waals surface area (Å²) in [6.45, 7) is 0.644. The van der Waals surface area contributed by atoms with Crippen LogP contribution in [0.3, 0.4) is 0 Å². The molecule has 33 heavy (non-hydrogen) atoms. The molecular weight excluding hydrogens is 420 g/mol. The molecule has 0 radical (unpaired) electrons. The first-order chi connectivity index (χ1) is 16.0. The summed E-state index contributed by atoms with van der Waals surface area (Å²) in [6, 6.07) is 14.9. The van der Waals surface area contributed by atoms with Crippen LogP contribution in [0.15, 0.2) is 48.5 Å². The molecule has 1 unspecified atom stereocenters. The number of hydrogen-bond acceptors (Lipinski definition) is 4. The molecule has 0 spiro atoms. The molecule has 2 aromatic carbocycles. The third-order valence-corrected chi connectivity index (χ3v) is 7.28. The van der Waals surface area contributed by atoms with E-state index in [1.54, 1.807) is 0 Å². The topological polar surface area (TPSA) is 105 Å². The lowest BCUT2D eigenvalue weighted by atomic mass is 9.98. The van der Waals surface area contributed by atoms with Gasteiger partial charge in [0.25, 0.3) is 0 Å². The van der Waals surface area contributed by atoms with Crippen LogP contribution < -0.4 is 10.6 Å². The second-order valence-corrected chi connectivity index (χ2v) is 9.47. The van der Waals surface area contributed by atoms with Gasteiger partial charge in [0.05, 0.1) is 6.42 Å². The van der Waals surface area contributed by atoms with Gasteiger partial charge in [-0.1, -0.05) is 48.5 Å². The van der Waals surface area contributed by atoms with Crippen molar-refractivity contribution >= 4 is 18.0 Å². The molecular formula is C26H28N2O5. The molecule has 3 aliphatic rings. The van der Waals surface area contributed by atoms with Crippen LogP contribution in [0.4, 0.5) is 4.79 Å². The van der Waals surface area contributed by atoms with Gasteiger partial charge in [-0.05, 0) is 59.3 Å². The highest BCUT2D eigenvalue weighted by Gasteiger charge is 2.53. The van der Waals surface area contributed by atoms with E-state index < -0.39 is 30.4 Å². The van der Waals surface area contributed by atoms with Crippen molar-refractivity contribution in [2.24, 2.45) is 11.3 Å². The van der Waals surface area contributed by atoms with E-state index in [2.05, 4.69) is 22.8 Å². The number of carbonyl (C=O) groups excluding carboxylic acids is 2. The molecule has 7 heteroatoms. The SMILES string of the molecule is O=C(O)CC(NC(=O)OCC1c2ccccc2-c2ccccc21)C(=O)NCC1(C2CC2)CC1. The second kappa shape index (κ2) is 8.54. The Morgan fingerprint density at radius 2 is 1.61 bits per heavy atom. The Kier molecular flexibility index (Phi) is 5.56. The average molecular weight is 449 g/mol. The van der Waals surface area contributed by atoms with Gasteiger partial charge in [-0.15, -0.1) is 0 Å². The zero-order chi connectivity index (χ0) is 23.0. The molecule has 172 valence electrons. The lowest BCUT2D eigenvalue weighted by molar-refractivity contribution is -0.139. The Morgan fingerprint density at radius 1 is 1.00 bits per heavy atom. The van der Waals surface area contributed by atoms with E-state index in [-0.39, 0.29) is 17.9 Å². The number of amides is 2. The summed E-state index contributed by atoms with van der Waals surface area (Å²) in [5.41, 5.74) is 4.60. The van der Waals surface area contributed by atoms with Crippen LogP contribution in [0.5, 0.6) is 0 Å². The molecule has 2 amide bonds. The van der Waals surface area contributed by atoms with Crippen molar-refractivity contribution in [2.45, 2.75) is 44.1 Å². The number of hydrogen-bond donors (Lipinski definition) is 3. The highest BCUT2D eigenvalue weighted by atomic mass is 16.5. The quantitative estimate of drug-likeness (QED) is 0.543.